The van der Waals surface area contributed by atoms with E-state index in [-0.39, 0.29) is 18.9 Å². The zero-order valence-electron chi connectivity index (χ0n) is 65.5. The van der Waals surface area contributed by atoms with E-state index in [0.29, 0.717) is 12.8 Å². The van der Waals surface area contributed by atoms with Crippen LogP contribution in [0.25, 0.3) is 0 Å². The standard InChI is InChI=1S/C85H157NO18/c1-3-5-7-9-11-13-15-17-19-21-23-25-27-29-30-31-32-33-34-35-36-37-38-39-41-43-45-47-49-51-53-55-57-59-61-63-73(91)86-68(69(90)62-60-58-56-54-52-50-48-46-44-42-40-28-26-24-22-20-18-16-14-12-10-8-6-4-2)67-99-83-79(97)76(94)81(71(65-88)101-83)104-85-80(98)77(95)82(72(66-89)102-85)103-84-78(96)75(93)74(92)70(64-87)100-84/h5,7,11,13,17,19,23,25,68-72,74-85,87-90,92-98H,3-4,6,8-10,12,14-16,18,20-22,24,26-67H2,1-2H3,(H,86,91)/b7-5-,13-11-,19-17-,25-23-. The minimum atomic E-state index is -1.97. The van der Waals surface area contributed by atoms with Crippen LogP contribution in [-0.2, 0) is 33.2 Å². The third-order valence-corrected chi connectivity index (χ3v) is 21.4. The topological polar surface area (TPSA) is 307 Å². The smallest absolute Gasteiger partial charge is 0.220 e. The maximum absolute atomic E-state index is 13.5. The zero-order valence-corrected chi connectivity index (χ0v) is 65.5. The number of carbonyl (C=O) groups excluding carboxylic acids is 1. The molecule has 3 aliphatic heterocycles. The van der Waals surface area contributed by atoms with Crippen LogP contribution in [0.2, 0.25) is 0 Å². The fraction of sp³-hybridized carbons (Fsp3) is 0.894. The van der Waals surface area contributed by atoms with Crippen LogP contribution in [0.1, 0.15) is 354 Å². The average Bonchev–Trinajstić information content (AvgIpc) is 0.783. The Kier molecular flexibility index (Phi) is 60.4. The maximum Gasteiger partial charge on any atom is 0.220 e. The monoisotopic (exact) mass is 1480 g/mol. The molecule has 0 aromatic heterocycles. The number of amides is 1. The van der Waals surface area contributed by atoms with Crippen molar-refractivity contribution < 1.29 is 89.4 Å². The van der Waals surface area contributed by atoms with Crippen LogP contribution in [0.4, 0.5) is 0 Å². The Morgan fingerprint density at radius 3 is 1.04 bits per heavy atom. The molecule has 0 saturated carbocycles. The van der Waals surface area contributed by atoms with Gasteiger partial charge < -0.3 is 89.9 Å². The van der Waals surface area contributed by atoms with Crippen molar-refractivity contribution in [2.45, 2.75) is 458 Å². The number of hydrogen-bond acceptors (Lipinski definition) is 18. The summed E-state index contributed by atoms with van der Waals surface area (Å²) in [6.45, 7) is 1.75. The molecular weight excluding hydrogens is 1320 g/mol. The Morgan fingerprint density at radius 2 is 0.663 bits per heavy atom. The summed E-state index contributed by atoms with van der Waals surface area (Å²) < 4.78 is 34.6. The SMILES string of the molecule is CC/C=C\C/C=C\C/C=C\C/C=C\CCCCCCCCCCCCCCCCCCCCCCCCC(=O)NC(COC1OC(CO)C(OC2OC(CO)C(OC3OC(CO)C(O)C(O)C3O)C(O)C2O)C(O)C1O)C(O)CCCCCCCCCCCCCCCCCCCCCCCCCC. The van der Waals surface area contributed by atoms with Crippen LogP contribution in [0.3, 0.4) is 0 Å². The van der Waals surface area contributed by atoms with Gasteiger partial charge in [0, 0.05) is 6.42 Å². The Balaban J connectivity index is 1.32. The molecule has 0 spiro atoms. The van der Waals surface area contributed by atoms with E-state index in [1.165, 1.54) is 250 Å². The molecule has 3 heterocycles. The average molecular weight is 1480 g/mol. The minimum Gasteiger partial charge on any atom is -0.394 e. The van der Waals surface area contributed by atoms with Crippen LogP contribution in [0, 0.1) is 0 Å². The van der Waals surface area contributed by atoms with Crippen LogP contribution in [0.15, 0.2) is 48.6 Å². The first-order chi connectivity index (χ1) is 50.8. The molecule has 0 bridgehead atoms. The summed E-state index contributed by atoms with van der Waals surface area (Å²) in [5, 5.41) is 121. The van der Waals surface area contributed by atoms with Crippen LogP contribution in [-0.4, -0.2) is 193 Å². The first kappa shape index (κ1) is 96.0. The van der Waals surface area contributed by atoms with Crippen molar-refractivity contribution in [1.29, 1.82) is 0 Å². The van der Waals surface area contributed by atoms with E-state index in [2.05, 4.69) is 67.8 Å². The van der Waals surface area contributed by atoms with Gasteiger partial charge >= 0.3 is 0 Å². The number of aliphatic hydroxyl groups excluding tert-OH is 11. The molecule has 1 amide bonds. The first-order valence-electron chi connectivity index (χ1n) is 42.9. The number of aliphatic hydroxyl groups is 11. The molecule has 3 aliphatic rings. The molecule has 19 heteroatoms. The molecule has 610 valence electrons. The number of ether oxygens (including phenoxy) is 6. The lowest BCUT2D eigenvalue weighted by Crippen LogP contribution is -2.66. The van der Waals surface area contributed by atoms with Gasteiger partial charge in [-0.25, -0.2) is 0 Å². The second kappa shape index (κ2) is 65.5. The Labute approximate surface area is 631 Å². The number of hydrogen-bond donors (Lipinski definition) is 12. The second-order valence-electron chi connectivity index (χ2n) is 30.6. The third-order valence-electron chi connectivity index (χ3n) is 21.4. The van der Waals surface area contributed by atoms with Gasteiger partial charge in [-0.3, -0.25) is 4.79 Å². The molecule has 0 aromatic carbocycles. The van der Waals surface area contributed by atoms with E-state index in [1.807, 2.05) is 0 Å². The summed E-state index contributed by atoms with van der Waals surface area (Å²) in [5.74, 6) is -0.235. The van der Waals surface area contributed by atoms with E-state index in [4.69, 9.17) is 28.4 Å². The highest BCUT2D eigenvalue weighted by Crippen LogP contribution is 2.34. The molecular formula is C85H157NO18. The van der Waals surface area contributed by atoms with Gasteiger partial charge in [0.25, 0.3) is 0 Å². The number of nitrogens with one attached hydrogen (secondary N) is 1. The van der Waals surface area contributed by atoms with Crippen LogP contribution >= 0.6 is 0 Å². The van der Waals surface area contributed by atoms with Crippen molar-refractivity contribution in [3.63, 3.8) is 0 Å². The Bertz CT molecular complexity index is 2060. The van der Waals surface area contributed by atoms with Crippen LogP contribution in [0.5, 0.6) is 0 Å². The van der Waals surface area contributed by atoms with Gasteiger partial charge in [0.2, 0.25) is 5.91 Å². The van der Waals surface area contributed by atoms with E-state index >= 15 is 0 Å². The number of rotatable bonds is 69. The molecule has 17 atom stereocenters. The van der Waals surface area contributed by atoms with Crippen molar-refractivity contribution in [2.75, 3.05) is 26.4 Å². The maximum atomic E-state index is 13.5. The van der Waals surface area contributed by atoms with Gasteiger partial charge in [0.15, 0.2) is 18.9 Å². The summed E-state index contributed by atoms with van der Waals surface area (Å²) >= 11 is 0. The molecule has 3 saturated heterocycles. The fourth-order valence-corrected chi connectivity index (χ4v) is 14.6. The highest BCUT2D eigenvalue weighted by molar-refractivity contribution is 5.76. The van der Waals surface area contributed by atoms with Crippen molar-refractivity contribution >= 4 is 5.91 Å². The number of allylic oxidation sites excluding steroid dienone is 8. The largest absolute Gasteiger partial charge is 0.394 e. The van der Waals surface area contributed by atoms with Crippen molar-refractivity contribution in [3.8, 4) is 0 Å². The number of unbranched alkanes of at least 4 members (excludes halogenated alkanes) is 45. The summed E-state index contributed by atoms with van der Waals surface area (Å²) in [6.07, 6.45) is 56.4. The molecule has 3 rings (SSSR count). The summed E-state index contributed by atoms with van der Waals surface area (Å²) in [6, 6.07) is -0.888. The zero-order chi connectivity index (χ0) is 75.3. The van der Waals surface area contributed by atoms with Crippen molar-refractivity contribution in [3.05, 3.63) is 48.6 Å². The van der Waals surface area contributed by atoms with Gasteiger partial charge in [-0.05, 0) is 51.4 Å². The van der Waals surface area contributed by atoms with Crippen molar-refractivity contribution in [2.24, 2.45) is 0 Å². The second-order valence-corrected chi connectivity index (χ2v) is 30.6. The minimum absolute atomic E-state index is 0.235. The van der Waals surface area contributed by atoms with Gasteiger partial charge in [-0.15, -0.1) is 0 Å². The number of carbonyl (C=O) groups is 1. The van der Waals surface area contributed by atoms with Gasteiger partial charge in [-0.1, -0.05) is 345 Å². The lowest BCUT2D eigenvalue weighted by atomic mass is 9.96. The van der Waals surface area contributed by atoms with E-state index in [1.54, 1.807) is 0 Å². The Morgan fingerprint density at radius 1 is 0.356 bits per heavy atom. The molecule has 104 heavy (non-hydrogen) atoms. The van der Waals surface area contributed by atoms with E-state index < -0.39 is 124 Å². The molecule has 0 aliphatic carbocycles. The van der Waals surface area contributed by atoms with Crippen LogP contribution < -0.4 is 5.32 Å². The highest BCUT2D eigenvalue weighted by atomic mass is 16.8. The molecule has 19 nitrogen and oxygen atoms in total. The molecule has 0 radical (unpaired) electrons. The quantitative estimate of drug-likeness (QED) is 0.0199. The fourth-order valence-electron chi connectivity index (χ4n) is 14.6. The molecule has 12 N–H and O–H groups in total. The van der Waals surface area contributed by atoms with E-state index in [9.17, 15) is 61.0 Å². The third kappa shape index (κ3) is 44.6. The lowest BCUT2D eigenvalue weighted by Gasteiger charge is -2.48. The molecule has 0 aromatic rings. The van der Waals surface area contributed by atoms with Gasteiger partial charge in [0.1, 0.15) is 73.2 Å². The lowest BCUT2D eigenvalue weighted by molar-refractivity contribution is -0.379. The highest BCUT2D eigenvalue weighted by Gasteiger charge is 2.54. The summed E-state index contributed by atoms with van der Waals surface area (Å²) in [4.78, 5) is 13.5. The predicted octanol–water partition coefficient (Wildman–Crippen LogP) is 15.2. The van der Waals surface area contributed by atoms with Gasteiger partial charge in [0.05, 0.1) is 38.6 Å². The summed E-state index contributed by atoms with van der Waals surface area (Å²) in [5.41, 5.74) is 0. The van der Waals surface area contributed by atoms with Crippen molar-refractivity contribution in [1.82, 2.24) is 5.32 Å². The molecule has 17 unspecified atom stereocenters. The normalized spacial score (nSPS) is 26.1. The molecule has 3 fully saturated rings. The first-order valence-corrected chi connectivity index (χ1v) is 42.9. The Hall–Kier alpha value is -2.25. The van der Waals surface area contributed by atoms with Gasteiger partial charge in [-0.2, -0.15) is 0 Å². The summed E-state index contributed by atoms with van der Waals surface area (Å²) in [7, 11) is 0. The predicted molar refractivity (Wildman–Crippen MR) is 416 cm³/mol. The van der Waals surface area contributed by atoms with E-state index in [0.717, 1.165) is 70.6 Å².